The van der Waals surface area contributed by atoms with Gasteiger partial charge in [-0.1, -0.05) is 30.3 Å². The van der Waals surface area contributed by atoms with Crippen molar-refractivity contribution in [1.29, 1.82) is 0 Å². The highest BCUT2D eigenvalue weighted by molar-refractivity contribution is 7.10. The quantitative estimate of drug-likeness (QED) is 0.374. The number of fused-ring (bicyclic) bond motifs is 1. The molecule has 3 aromatic rings. The summed E-state index contributed by atoms with van der Waals surface area (Å²) in [5.74, 6) is -0.383. The molecule has 0 bridgehead atoms. The first-order chi connectivity index (χ1) is 16.5. The molecule has 1 aliphatic rings. The summed E-state index contributed by atoms with van der Waals surface area (Å²) in [7, 11) is 0. The van der Waals surface area contributed by atoms with Crippen molar-refractivity contribution in [3.63, 3.8) is 0 Å². The van der Waals surface area contributed by atoms with E-state index < -0.39 is 18.1 Å². The van der Waals surface area contributed by atoms with E-state index >= 15 is 0 Å². The standard InChI is InChI=1S/C23H28N6O4S/c30-18(13-21(32)33)14-24-22(19-7-4-12-34-19)23-25-26-27-29(23)10-3-8-20(31)28-11-9-16-5-1-2-6-17(16)15-28/h1-2,4-7,12,18,22,24,30H,3,8-11,13-15H2,(H,32,33)/t18?,22-/m1/s1. The molecule has 11 heteroatoms. The molecule has 0 aliphatic carbocycles. The summed E-state index contributed by atoms with van der Waals surface area (Å²) < 4.78 is 1.67. The summed E-state index contributed by atoms with van der Waals surface area (Å²) in [5, 5.41) is 36.1. The van der Waals surface area contributed by atoms with Gasteiger partial charge in [-0.05, 0) is 45.8 Å². The highest BCUT2D eigenvalue weighted by atomic mass is 32.1. The van der Waals surface area contributed by atoms with Crippen LogP contribution in [0.25, 0.3) is 0 Å². The van der Waals surface area contributed by atoms with E-state index in [1.807, 2.05) is 34.5 Å². The molecule has 2 aromatic heterocycles. The fourth-order valence-electron chi connectivity index (χ4n) is 4.13. The first-order valence-corrected chi connectivity index (χ1v) is 12.2. The fourth-order valence-corrected chi connectivity index (χ4v) is 4.92. The number of nitrogens with zero attached hydrogens (tertiary/aromatic N) is 5. The molecule has 0 spiro atoms. The second-order valence-electron chi connectivity index (χ2n) is 8.31. The normalized spacial score (nSPS) is 15.0. The van der Waals surface area contributed by atoms with Crippen LogP contribution < -0.4 is 5.32 Å². The number of amides is 1. The number of hydrogen-bond acceptors (Lipinski definition) is 8. The molecule has 0 radical (unpaired) electrons. The Morgan fingerprint density at radius 2 is 2.00 bits per heavy atom. The van der Waals surface area contributed by atoms with E-state index in [9.17, 15) is 14.7 Å². The first kappa shape index (κ1) is 24.0. The largest absolute Gasteiger partial charge is 0.481 e. The summed E-state index contributed by atoms with van der Waals surface area (Å²) >= 11 is 1.52. The van der Waals surface area contributed by atoms with Crippen molar-refractivity contribution in [2.75, 3.05) is 13.1 Å². The molecule has 0 fully saturated rings. The molecular weight excluding hydrogens is 456 g/mol. The van der Waals surface area contributed by atoms with Gasteiger partial charge in [0.1, 0.15) is 6.04 Å². The van der Waals surface area contributed by atoms with E-state index in [4.69, 9.17) is 5.11 Å². The van der Waals surface area contributed by atoms with Gasteiger partial charge in [-0.15, -0.1) is 16.4 Å². The third-order valence-corrected chi connectivity index (χ3v) is 6.79. The van der Waals surface area contributed by atoms with Gasteiger partial charge in [0.15, 0.2) is 5.82 Å². The predicted octanol–water partition coefficient (Wildman–Crippen LogP) is 1.61. The number of carboxylic acid groups (broad SMARTS) is 1. The number of hydrogen-bond donors (Lipinski definition) is 3. The van der Waals surface area contributed by atoms with Crippen molar-refractivity contribution in [3.05, 3.63) is 63.6 Å². The number of tetrazole rings is 1. The lowest BCUT2D eigenvalue weighted by Gasteiger charge is -2.29. The van der Waals surface area contributed by atoms with Gasteiger partial charge < -0.3 is 20.4 Å². The van der Waals surface area contributed by atoms with Crippen LogP contribution in [0.5, 0.6) is 0 Å². The zero-order chi connectivity index (χ0) is 23.9. The highest BCUT2D eigenvalue weighted by Gasteiger charge is 2.24. The molecule has 3 N–H and O–H groups in total. The third-order valence-electron chi connectivity index (χ3n) is 5.86. The van der Waals surface area contributed by atoms with Gasteiger partial charge in [0.25, 0.3) is 0 Å². The van der Waals surface area contributed by atoms with E-state index in [0.29, 0.717) is 31.8 Å². The van der Waals surface area contributed by atoms with Gasteiger partial charge in [-0.25, -0.2) is 4.68 Å². The van der Waals surface area contributed by atoms with Gasteiger partial charge in [0.05, 0.1) is 12.5 Å². The molecule has 1 aliphatic heterocycles. The minimum atomic E-state index is -1.06. The summed E-state index contributed by atoms with van der Waals surface area (Å²) in [4.78, 5) is 26.5. The Hall–Kier alpha value is -3.15. The van der Waals surface area contributed by atoms with Gasteiger partial charge in [0, 0.05) is 37.5 Å². The fraction of sp³-hybridized carbons (Fsp3) is 0.435. The number of carbonyl (C=O) groups is 2. The molecular formula is C23H28N6O4S. The van der Waals surface area contributed by atoms with Crippen molar-refractivity contribution < 1.29 is 19.8 Å². The average Bonchev–Trinajstić information content (AvgIpc) is 3.51. The maximum Gasteiger partial charge on any atom is 0.306 e. The summed E-state index contributed by atoms with van der Waals surface area (Å²) in [6, 6.07) is 11.7. The van der Waals surface area contributed by atoms with E-state index in [1.165, 1.54) is 22.5 Å². The first-order valence-electron chi connectivity index (χ1n) is 11.3. The maximum atomic E-state index is 12.8. The number of aliphatic carboxylic acids is 1. The minimum absolute atomic E-state index is 0.0800. The Morgan fingerprint density at radius 1 is 1.18 bits per heavy atom. The Kier molecular flexibility index (Phi) is 7.99. The Bertz CT molecular complexity index is 1100. The van der Waals surface area contributed by atoms with Crippen molar-refractivity contribution in [2.24, 2.45) is 0 Å². The third kappa shape index (κ3) is 6.04. The average molecular weight is 485 g/mol. The molecule has 0 saturated heterocycles. The topological polar surface area (TPSA) is 133 Å². The number of aryl methyl sites for hydroxylation is 1. The highest BCUT2D eigenvalue weighted by Crippen LogP contribution is 2.25. The molecule has 34 heavy (non-hydrogen) atoms. The lowest BCUT2D eigenvalue weighted by Crippen LogP contribution is -2.36. The summed E-state index contributed by atoms with van der Waals surface area (Å²) in [6.07, 6.45) is 0.486. The van der Waals surface area contributed by atoms with Gasteiger partial charge in [0.2, 0.25) is 5.91 Å². The van der Waals surface area contributed by atoms with Crippen LogP contribution in [0, 0.1) is 0 Å². The van der Waals surface area contributed by atoms with Crippen molar-refractivity contribution in [3.8, 4) is 0 Å². The van der Waals surface area contributed by atoms with E-state index in [0.717, 1.165) is 17.8 Å². The zero-order valence-electron chi connectivity index (χ0n) is 18.7. The summed E-state index contributed by atoms with van der Waals surface area (Å²) in [5.41, 5.74) is 2.52. The minimum Gasteiger partial charge on any atom is -0.481 e. The lowest BCUT2D eigenvalue weighted by atomic mass is 9.99. The number of aliphatic hydroxyl groups is 1. The molecule has 4 rings (SSSR count). The number of thiophene rings is 1. The van der Waals surface area contributed by atoms with Crippen LogP contribution in [0.4, 0.5) is 0 Å². The van der Waals surface area contributed by atoms with Crippen molar-refractivity contribution in [2.45, 2.75) is 50.9 Å². The number of carbonyl (C=O) groups excluding carboxylic acids is 1. The number of nitrogens with one attached hydrogen (secondary N) is 1. The molecule has 3 heterocycles. The van der Waals surface area contributed by atoms with Crippen LogP contribution in [0.1, 0.15) is 47.1 Å². The van der Waals surface area contributed by atoms with E-state index in [2.05, 4.69) is 33.0 Å². The van der Waals surface area contributed by atoms with Crippen LogP contribution >= 0.6 is 11.3 Å². The Labute approximate surface area is 201 Å². The Balaban J connectivity index is 1.35. The number of aromatic nitrogens is 4. The van der Waals surface area contributed by atoms with Crippen LogP contribution in [0.2, 0.25) is 0 Å². The SMILES string of the molecule is O=C(O)CC(O)CN[C@H](c1cccs1)c1nnnn1CCCC(=O)N1CCc2ccccc2C1. The van der Waals surface area contributed by atoms with Gasteiger partial charge in [-0.2, -0.15) is 0 Å². The number of aliphatic hydroxyl groups excluding tert-OH is 1. The number of benzene rings is 1. The summed E-state index contributed by atoms with van der Waals surface area (Å²) in [6.45, 7) is 1.93. The number of carboxylic acids is 1. The van der Waals surface area contributed by atoms with Crippen LogP contribution in [0.3, 0.4) is 0 Å². The molecule has 10 nitrogen and oxygen atoms in total. The maximum absolute atomic E-state index is 12.8. The second kappa shape index (κ2) is 11.3. The van der Waals surface area contributed by atoms with Crippen LogP contribution in [-0.4, -0.2) is 66.4 Å². The van der Waals surface area contributed by atoms with Crippen LogP contribution in [-0.2, 0) is 29.1 Å². The molecule has 1 amide bonds. The molecule has 0 saturated carbocycles. The smallest absolute Gasteiger partial charge is 0.306 e. The van der Waals surface area contributed by atoms with Crippen LogP contribution in [0.15, 0.2) is 41.8 Å². The molecule has 180 valence electrons. The zero-order valence-corrected chi connectivity index (χ0v) is 19.5. The monoisotopic (exact) mass is 484 g/mol. The van der Waals surface area contributed by atoms with Gasteiger partial charge >= 0.3 is 5.97 Å². The van der Waals surface area contributed by atoms with Crippen molar-refractivity contribution >= 4 is 23.2 Å². The van der Waals surface area contributed by atoms with Crippen molar-refractivity contribution in [1.82, 2.24) is 30.4 Å². The van der Waals surface area contributed by atoms with Gasteiger partial charge in [-0.3, -0.25) is 9.59 Å². The molecule has 1 unspecified atom stereocenters. The Morgan fingerprint density at radius 3 is 2.76 bits per heavy atom. The van der Waals surface area contributed by atoms with E-state index in [-0.39, 0.29) is 18.9 Å². The number of rotatable bonds is 11. The van der Waals surface area contributed by atoms with E-state index in [1.54, 1.807) is 4.68 Å². The lowest BCUT2D eigenvalue weighted by molar-refractivity contribution is -0.139. The molecule has 2 atom stereocenters. The second-order valence-corrected chi connectivity index (χ2v) is 9.29. The molecule has 1 aromatic carbocycles. The predicted molar refractivity (Wildman–Crippen MR) is 125 cm³/mol.